The Kier molecular flexibility index (Phi) is 6.72. The molecule has 1 unspecified atom stereocenters. The molecule has 0 aliphatic heterocycles. The summed E-state index contributed by atoms with van der Waals surface area (Å²) in [6.07, 6.45) is 3.97. The molecule has 5 heteroatoms. The van der Waals surface area contributed by atoms with E-state index in [1.165, 1.54) is 27.1 Å². The second-order valence-corrected chi connectivity index (χ2v) is 9.75. The number of carbonyl (C=O) groups is 1. The van der Waals surface area contributed by atoms with Crippen molar-refractivity contribution >= 4 is 17.5 Å². The number of rotatable bonds is 8. The normalized spacial score (nSPS) is 15.1. The van der Waals surface area contributed by atoms with E-state index in [-0.39, 0.29) is 12.5 Å². The molecule has 34 heavy (non-hydrogen) atoms. The van der Waals surface area contributed by atoms with Crippen LogP contribution in [-0.4, -0.2) is 22.1 Å². The second kappa shape index (κ2) is 10.2. The predicted octanol–water partition coefficient (Wildman–Crippen LogP) is 6.13. The van der Waals surface area contributed by atoms with Crippen molar-refractivity contribution in [3.05, 3.63) is 118 Å². The number of hydrogen-bond donors (Lipinski definition) is 1. The molecule has 0 fully saturated rings. The zero-order valence-corrected chi connectivity index (χ0v) is 19.7. The first-order chi connectivity index (χ1) is 16.7. The molecule has 1 aliphatic rings. The molecule has 0 amide bonds. The summed E-state index contributed by atoms with van der Waals surface area (Å²) in [5.41, 5.74) is 6.06. The van der Waals surface area contributed by atoms with Crippen LogP contribution in [0.4, 0.5) is 0 Å². The lowest BCUT2D eigenvalue weighted by Gasteiger charge is -2.25. The van der Waals surface area contributed by atoms with Gasteiger partial charge in [-0.1, -0.05) is 72.8 Å². The first kappa shape index (κ1) is 22.4. The SMILES string of the molecule is O=C(O)COc1cccc2c1CCC(Cc1cc(C(c3ccccc3)c3ccccc3)ns1)C2. The van der Waals surface area contributed by atoms with Crippen LogP contribution in [0.5, 0.6) is 5.75 Å². The number of fused-ring (bicyclic) bond motifs is 1. The summed E-state index contributed by atoms with van der Waals surface area (Å²) in [6, 6.07) is 29.5. The quantitative estimate of drug-likeness (QED) is 0.337. The van der Waals surface area contributed by atoms with Gasteiger partial charge in [-0.15, -0.1) is 0 Å². The van der Waals surface area contributed by atoms with Crippen molar-refractivity contribution in [2.24, 2.45) is 5.92 Å². The Morgan fingerprint density at radius 1 is 1.00 bits per heavy atom. The third-order valence-electron chi connectivity index (χ3n) is 6.52. The molecular formula is C29H27NO3S. The molecule has 1 atom stereocenters. The maximum Gasteiger partial charge on any atom is 0.341 e. The standard InChI is InChI=1S/C29H27NO3S/c31-28(32)19-33-27-13-7-12-23-16-20(14-15-25(23)27)17-24-18-26(30-34-24)29(21-8-3-1-4-9-21)22-10-5-2-6-11-22/h1-13,18,20,29H,14-17,19H2,(H,31,32). The summed E-state index contributed by atoms with van der Waals surface area (Å²) in [6.45, 7) is -0.298. The summed E-state index contributed by atoms with van der Waals surface area (Å²) in [4.78, 5) is 12.2. The molecule has 1 heterocycles. The van der Waals surface area contributed by atoms with E-state index in [0.717, 1.165) is 31.4 Å². The fourth-order valence-electron chi connectivity index (χ4n) is 4.97. The highest BCUT2D eigenvalue weighted by molar-refractivity contribution is 7.05. The maximum absolute atomic E-state index is 10.9. The van der Waals surface area contributed by atoms with Gasteiger partial charge in [-0.05, 0) is 77.5 Å². The summed E-state index contributed by atoms with van der Waals surface area (Å²) in [5, 5.41) is 8.94. The van der Waals surface area contributed by atoms with Crippen molar-refractivity contribution in [1.29, 1.82) is 0 Å². The van der Waals surface area contributed by atoms with Crippen LogP contribution in [0.2, 0.25) is 0 Å². The van der Waals surface area contributed by atoms with Crippen LogP contribution >= 0.6 is 11.5 Å². The van der Waals surface area contributed by atoms with E-state index in [0.29, 0.717) is 11.7 Å². The summed E-state index contributed by atoms with van der Waals surface area (Å²) in [5.74, 6) is 0.444. The largest absolute Gasteiger partial charge is 0.482 e. The molecule has 3 aromatic carbocycles. The molecule has 172 valence electrons. The first-order valence-electron chi connectivity index (χ1n) is 11.7. The smallest absolute Gasteiger partial charge is 0.341 e. The average Bonchev–Trinajstić information content (AvgIpc) is 3.31. The fraction of sp³-hybridized carbons (Fsp3) is 0.241. The van der Waals surface area contributed by atoms with Gasteiger partial charge in [0.1, 0.15) is 5.75 Å². The van der Waals surface area contributed by atoms with Crippen LogP contribution in [0, 0.1) is 5.92 Å². The van der Waals surface area contributed by atoms with Gasteiger partial charge < -0.3 is 9.84 Å². The van der Waals surface area contributed by atoms with Crippen molar-refractivity contribution in [2.75, 3.05) is 6.61 Å². The van der Waals surface area contributed by atoms with Crippen LogP contribution in [0.1, 0.15) is 45.2 Å². The second-order valence-electron chi connectivity index (χ2n) is 8.86. The third-order valence-corrected chi connectivity index (χ3v) is 7.34. The van der Waals surface area contributed by atoms with Crippen LogP contribution in [-0.2, 0) is 24.1 Å². The number of ether oxygens (including phenoxy) is 1. The number of aromatic nitrogens is 1. The highest BCUT2D eigenvalue weighted by Gasteiger charge is 2.24. The van der Waals surface area contributed by atoms with Crippen LogP contribution in [0.15, 0.2) is 84.9 Å². The van der Waals surface area contributed by atoms with Crippen molar-refractivity contribution < 1.29 is 14.6 Å². The Hall–Kier alpha value is -3.44. The summed E-state index contributed by atoms with van der Waals surface area (Å²) < 4.78 is 10.4. The van der Waals surface area contributed by atoms with Crippen LogP contribution in [0.3, 0.4) is 0 Å². The molecule has 0 saturated carbocycles. The summed E-state index contributed by atoms with van der Waals surface area (Å²) in [7, 11) is 0. The first-order valence-corrected chi connectivity index (χ1v) is 12.5. The Morgan fingerprint density at radius 2 is 1.71 bits per heavy atom. The highest BCUT2D eigenvalue weighted by Crippen LogP contribution is 2.36. The number of carboxylic acids is 1. The zero-order valence-electron chi connectivity index (χ0n) is 18.9. The number of carboxylic acid groups (broad SMARTS) is 1. The van der Waals surface area contributed by atoms with E-state index in [9.17, 15) is 4.79 Å². The molecule has 1 aromatic heterocycles. The van der Waals surface area contributed by atoms with Gasteiger partial charge in [-0.3, -0.25) is 0 Å². The van der Waals surface area contributed by atoms with Gasteiger partial charge in [0.15, 0.2) is 6.61 Å². The molecular weight excluding hydrogens is 442 g/mol. The number of hydrogen-bond acceptors (Lipinski definition) is 4. The van der Waals surface area contributed by atoms with E-state index in [4.69, 9.17) is 14.2 Å². The Balaban J connectivity index is 1.33. The third kappa shape index (κ3) is 5.05. The van der Waals surface area contributed by atoms with Gasteiger partial charge in [0, 0.05) is 4.88 Å². The summed E-state index contributed by atoms with van der Waals surface area (Å²) >= 11 is 1.62. The molecule has 1 N–H and O–H groups in total. The Labute approximate surface area is 204 Å². The Morgan fingerprint density at radius 3 is 2.38 bits per heavy atom. The highest BCUT2D eigenvalue weighted by atomic mass is 32.1. The Bertz CT molecular complexity index is 1210. The fourth-order valence-corrected chi connectivity index (χ4v) is 5.83. The van der Waals surface area contributed by atoms with Gasteiger partial charge in [0.2, 0.25) is 0 Å². The number of benzene rings is 3. The molecule has 5 rings (SSSR count). The van der Waals surface area contributed by atoms with E-state index in [2.05, 4.69) is 72.8 Å². The van der Waals surface area contributed by atoms with Crippen molar-refractivity contribution in [3.63, 3.8) is 0 Å². The molecule has 0 saturated heterocycles. The molecule has 0 bridgehead atoms. The van der Waals surface area contributed by atoms with E-state index in [1.807, 2.05) is 12.1 Å². The number of nitrogens with zero attached hydrogens (tertiary/aromatic N) is 1. The van der Waals surface area contributed by atoms with Crippen molar-refractivity contribution in [2.45, 2.75) is 31.6 Å². The maximum atomic E-state index is 10.9. The van der Waals surface area contributed by atoms with E-state index >= 15 is 0 Å². The van der Waals surface area contributed by atoms with Gasteiger partial charge in [0.05, 0.1) is 11.6 Å². The number of aliphatic carboxylic acids is 1. The lowest BCUT2D eigenvalue weighted by atomic mass is 9.81. The lowest BCUT2D eigenvalue weighted by Crippen LogP contribution is -2.18. The molecule has 4 aromatic rings. The van der Waals surface area contributed by atoms with Crippen LogP contribution in [0.25, 0.3) is 0 Å². The minimum absolute atomic E-state index is 0.133. The minimum Gasteiger partial charge on any atom is -0.482 e. The monoisotopic (exact) mass is 469 g/mol. The van der Waals surface area contributed by atoms with Gasteiger partial charge in [-0.2, -0.15) is 4.37 Å². The van der Waals surface area contributed by atoms with Crippen LogP contribution < -0.4 is 4.74 Å². The molecule has 0 spiro atoms. The van der Waals surface area contributed by atoms with Gasteiger partial charge >= 0.3 is 5.97 Å². The zero-order chi connectivity index (χ0) is 23.3. The molecule has 1 aliphatic carbocycles. The minimum atomic E-state index is -0.948. The van der Waals surface area contributed by atoms with Gasteiger partial charge in [-0.25, -0.2) is 4.79 Å². The molecule has 0 radical (unpaired) electrons. The van der Waals surface area contributed by atoms with Crippen molar-refractivity contribution in [1.82, 2.24) is 4.37 Å². The van der Waals surface area contributed by atoms with Crippen molar-refractivity contribution in [3.8, 4) is 5.75 Å². The average molecular weight is 470 g/mol. The van der Waals surface area contributed by atoms with Gasteiger partial charge in [0.25, 0.3) is 0 Å². The van der Waals surface area contributed by atoms with E-state index < -0.39 is 5.97 Å². The van der Waals surface area contributed by atoms with E-state index in [1.54, 1.807) is 11.5 Å². The molecule has 4 nitrogen and oxygen atoms in total. The lowest BCUT2D eigenvalue weighted by molar-refractivity contribution is -0.139. The predicted molar refractivity (Wildman–Crippen MR) is 135 cm³/mol. The topological polar surface area (TPSA) is 59.4 Å².